The van der Waals surface area contributed by atoms with Gasteiger partial charge >= 0.3 is 0 Å². The number of carbonyl (C=O) groups is 1. The van der Waals surface area contributed by atoms with Crippen LogP contribution in [0.4, 0.5) is 0 Å². The summed E-state index contributed by atoms with van der Waals surface area (Å²) in [4.78, 5) is 19.9. The van der Waals surface area contributed by atoms with Crippen molar-refractivity contribution >= 4 is 16.9 Å². The van der Waals surface area contributed by atoms with E-state index in [1.165, 1.54) is 0 Å². The van der Waals surface area contributed by atoms with Crippen LogP contribution in [-0.2, 0) is 11.3 Å². The average molecular weight is 353 g/mol. The lowest BCUT2D eigenvalue weighted by atomic mass is 9.92. The van der Waals surface area contributed by atoms with Gasteiger partial charge < -0.3 is 15.0 Å². The molecule has 0 bridgehead atoms. The number of rotatable bonds is 5. The van der Waals surface area contributed by atoms with Gasteiger partial charge in [0.1, 0.15) is 11.8 Å². The van der Waals surface area contributed by atoms with Crippen LogP contribution in [-0.4, -0.2) is 38.8 Å². The molecular formula is C19H23N5O2. The molecule has 0 aliphatic carbocycles. The fourth-order valence-corrected chi connectivity index (χ4v) is 3.69. The fourth-order valence-electron chi connectivity index (χ4n) is 3.69. The number of aromatic nitrogens is 4. The molecular weight excluding hydrogens is 330 g/mol. The van der Waals surface area contributed by atoms with Crippen LogP contribution >= 0.6 is 0 Å². The second-order valence-electron chi connectivity index (χ2n) is 6.58. The molecule has 0 aromatic carbocycles. The molecule has 26 heavy (non-hydrogen) atoms. The molecule has 0 spiro atoms. The lowest BCUT2D eigenvalue weighted by Gasteiger charge is -2.32. The van der Waals surface area contributed by atoms with Crippen LogP contribution in [0.3, 0.4) is 0 Å². The number of amides is 1. The Bertz CT molecular complexity index is 900. The van der Waals surface area contributed by atoms with Crippen LogP contribution in [0.2, 0.25) is 0 Å². The summed E-state index contributed by atoms with van der Waals surface area (Å²) in [6.07, 6.45) is 7.24. The highest BCUT2D eigenvalue weighted by atomic mass is 16.5. The highest BCUT2D eigenvalue weighted by Gasteiger charge is 2.30. The van der Waals surface area contributed by atoms with Gasteiger partial charge in [0, 0.05) is 49.6 Å². The van der Waals surface area contributed by atoms with E-state index in [2.05, 4.69) is 27.3 Å². The first-order chi connectivity index (χ1) is 12.8. The summed E-state index contributed by atoms with van der Waals surface area (Å²) in [6.45, 7) is 4.20. The predicted molar refractivity (Wildman–Crippen MR) is 97.7 cm³/mol. The summed E-state index contributed by atoms with van der Waals surface area (Å²) in [6, 6.07) is 5.75. The molecule has 0 unspecified atom stereocenters. The number of ether oxygens (including phenoxy) is 1. The molecule has 1 amide bonds. The third-order valence-electron chi connectivity index (χ3n) is 5.01. The van der Waals surface area contributed by atoms with Gasteiger partial charge in [-0.25, -0.2) is 4.98 Å². The van der Waals surface area contributed by atoms with Crippen LogP contribution in [0.1, 0.15) is 41.9 Å². The van der Waals surface area contributed by atoms with E-state index in [4.69, 9.17) is 4.74 Å². The van der Waals surface area contributed by atoms with E-state index in [0.29, 0.717) is 12.1 Å². The Kier molecular flexibility index (Phi) is 4.71. The molecule has 1 saturated heterocycles. The zero-order valence-electron chi connectivity index (χ0n) is 14.8. The van der Waals surface area contributed by atoms with Gasteiger partial charge in [-0.1, -0.05) is 0 Å². The summed E-state index contributed by atoms with van der Waals surface area (Å²) in [5, 5.41) is 8.27. The van der Waals surface area contributed by atoms with Crippen molar-refractivity contribution in [3.05, 3.63) is 48.0 Å². The molecule has 136 valence electrons. The lowest BCUT2D eigenvalue weighted by Crippen LogP contribution is -2.35. The number of hydrogen-bond acceptors (Lipinski definition) is 4. The van der Waals surface area contributed by atoms with Gasteiger partial charge in [0.05, 0.1) is 11.3 Å². The largest absolute Gasteiger partial charge is 0.372 e. The molecule has 7 heteroatoms. The molecule has 7 nitrogen and oxygen atoms in total. The van der Waals surface area contributed by atoms with Gasteiger partial charge in [-0.15, -0.1) is 0 Å². The summed E-state index contributed by atoms with van der Waals surface area (Å²) in [5.74, 6) is 0.149. The van der Waals surface area contributed by atoms with E-state index in [0.717, 1.165) is 42.7 Å². The average Bonchev–Trinajstić information content (AvgIpc) is 3.33. The third kappa shape index (κ3) is 3.10. The minimum Gasteiger partial charge on any atom is -0.372 e. The molecule has 1 aliphatic rings. The monoisotopic (exact) mass is 353 g/mol. The summed E-state index contributed by atoms with van der Waals surface area (Å²) in [7, 11) is 0. The highest BCUT2D eigenvalue weighted by molar-refractivity contribution is 6.05. The molecule has 0 saturated carbocycles. The Morgan fingerprint density at radius 2 is 2.35 bits per heavy atom. The number of fused-ring (bicyclic) bond motifs is 1. The zero-order valence-corrected chi connectivity index (χ0v) is 14.8. The van der Waals surface area contributed by atoms with Crippen molar-refractivity contribution in [1.82, 2.24) is 25.1 Å². The van der Waals surface area contributed by atoms with Gasteiger partial charge in [0.15, 0.2) is 0 Å². The topological polar surface area (TPSA) is 84.8 Å². The molecule has 2 atom stereocenters. The second kappa shape index (κ2) is 7.29. The Hall–Kier alpha value is -2.67. The second-order valence-corrected chi connectivity index (χ2v) is 6.58. The van der Waals surface area contributed by atoms with Gasteiger partial charge in [-0.2, -0.15) is 5.10 Å². The molecule has 3 aromatic rings. The number of aromatic amines is 1. The van der Waals surface area contributed by atoms with Crippen LogP contribution in [0.5, 0.6) is 0 Å². The zero-order chi connectivity index (χ0) is 17.9. The maximum atomic E-state index is 12.7. The minimum absolute atomic E-state index is 0.0314. The molecule has 3 aromatic heterocycles. The van der Waals surface area contributed by atoms with Crippen LogP contribution in [0.15, 0.2) is 36.8 Å². The number of nitrogens with zero attached hydrogens (tertiary/aromatic N) is 3. The Balaban J connectivity index is 1.48. The number of nitrogens with one attached hydrogen (secondary N) is 2. The normalized spacial score (nSPS) is 20.3. The smallest absolute Gasteiger partial charge is 0.253 e. The molecule has 1 aliphatic heterocycles. The Morgan fingerprint density at radius 3 is 3.23 bits per heavy atom. The van der Waals surface area contributed by atoms with E-state index in [1.54, 1.807) is 12.4 Å². The summed E-state index contributed by atoms with van der Waals surface area (Å²) >= 11 is 0. The number of aryl methyl sites for hydroxylation is 1. The first kappa shape index (κ1) is 16.8. The Labute approximate surface area is 151 Å². The number of carbonyl (C=O) groups excluding carboxylic acids is 1. The molecule has 1 fully saturated rings. The summed E-state index contributed by atoms with van der Waals surface area (Å²) < 4.78 is 8.01. The highest BCUT2D eigenvalue weighted by Crippen LogP contribution is 2.33. The fraction of sp³-hybridized carbons (Fsp3) is 0.421. The van der Waals surface area contributed by atoms with Gasteiger partial charge in [0.2, 0.25) is 0 Å². The van der Waals surface area contributed by atoms with Crippen LogP contribution in [0, 0.1) is 5.92 Å². The van der Waals surface area contributed by atoms with Gasteiger partial charge in [0.25, 0.3) is 5.91 Å². The Morgan fingerprint density at radius 1 is 1.42 bits per heavy atom. The van der Waals surface area contributed by atoms with Crippen molar-refractivity contribution in [3.63, 3.8) is 0 Å². The van der Waals surface area contributed by atoms with Crippen LogP contribution in [0.25, 0.3) is 11.0 Å². The molecule has 2 N–H and O–H groups in total. The van der Waals surface area contributed by atoms with E-state index in [9.17, 15) is 4.79 Å². The predicted octanol–water partition coefficient (Wildman–Crippen LogP) is 2.68. The van der Waals surface area contributed by atoms with E-state index in [-0.39, 0.29) is 17.9 Å². The summed E-state index contributed by atoms with van der Waals surface area (Å²) in [5.41, 5.74) is 2.44. The minimum atomic E-state index is -0.0856. The van der Waals surface area contributed by atoms with E-state index in [1.807, 2.05) is 29.1 Å². The third-order valence-corrected chi connectivity index (χ3v) is 5.01. The van der Waals surface area contributed by atoms with E-state index < -0.39 is 0 Å². The number of H-pyrrole nitrogens is 1. The number of hydrogen-bond donors (Lipinski definition) is 2. The van der Waals surface area contributed by atoms with Crippen molar-refractivity contribution in [2.24, 2.45) is 5.92 Å². The molecule has 4 rings (SSSR count). The van der Waals surface area contributed by atoms with E-state index >= 15 is 0 Å². The van der Waals surface area contributed by atoms with Crippen molar-refractivity contribution in [1.29, 1.82) is 0 Å². The van der Waals surface area contributed by atoms with Gasteiger partial charge in [-0.05, 0) is 38.0 Å². The quantitative estimate of drug-likeness (QED) is 0.738. The SMILES string of the molecule is CCn1nccc1[C@@H]1OCCC[C@H]1CNC(=O)c1c[nH]c2ncccc12. The maximum Gasteiger partial charge on any atom is 0.253 e. The maximum absolute atomic E-state index is 12.7. The van der Waals surface area contributed by atoms with Crippen LogP contribution < -0.4 is 5.32 Å². The van der Waals surface area contributed by atoms with Crippen molar-refractivity contribution < 1.29 is 9.53 Å². The first-order valence-electron chi connectivity index (χ1n) is 9.11. The van der Waals surface area contributed by atoms with Crippen molar-refractivity contribution in [2.45, 2.75) is 32.4 Å². The van der Waals surface area contributed by atoms with Gasteiger partial charge in [-0.3, -0.25) is 9.48 Å². The lowest BCUT2D eigenvalue weighted by molar-refractivity contribution is -0.0321. The van der Waals surface area contributed by atoms with Crippen molar-refractivity contribution in [2.75, 3.05) is 13.2 Å². The standard InChI is InChI=1S/C19H23N5O2/c1-2-24-16(7-9-23-24)17-13(5-4-10-26-17)11-22-19(25)15-12-21-18-14(15)6-3-8-20-18/h3,6-9,12-13,17H,2,4-5,10-11H2,1H3,(H,20,21)(H,22,25)/t13-,17+/m0/s1. The molecule has 4 heterocycles. The van der Waals surface area contributed by atoms with Crippen molar-refractivity contribution in [3.8, 4) is 0 Å². The molecule has 0 radical (unpaired) electrons. The number of pyridine rings is 1. The first-order valence-corrected chi connectivity index (χ1v) is 9.11.